The number of aliphatic hydroxyl groups is 2. The second kappa shape index (κ2) is 10.7. The zero-order valence-corrected chi connectivity index (χ0v) is 21.9. The number of pyridine rings is 1. The largest absolute Gasteiger partial charge is 0.490 e. The molecule has 0 radical (unpaired) electrons. The molecule has 2 aliphatic rings. The van der Waals surface area contributed by atoms with E-state index >= 15 is 0 Å². The highest BCUT2D eigenvalue weighted by Crippen LogP contribution is 2.37. The van der Waals surface area contributed by atoms with Gasteiger partial charge in [0.15, 0.2) is 0 Å². The minimum Gasteiger partial charge on any atom is -0.490 e. The van der Waals surface area contributed by atoms with Crippen LogP contribution in [0.2, 0.25) is 0 Å². The quantitative estimate of drug-likeness (QED) is 0.259. The summed E-state index contributed by atoms with van der Waals surface area (Å²) in [5.74, 6) is 1.59. The van der Waals surface area contributed by atoms with E-state index in [1.165, 1.54) is 0 Å². The zero-order chi connectivity index (χ0) is 26.9. The smallest absolute Gasteiger partial charge is 0.251 e. The van der Waals surface area contributed by atoms with Crippen LogP contribution in [0.3, 0.4) is 0 Å². The summed E-state index contributed by atoms with van der Waals surface area (Å²) in [6.07, 6.45) is 8.32. The van der Waals surface area contributed by atoms with Crippen LogP contribution in [0, 0.1) is 0 Å². The van der Waals surface area contributed by atoms with Crippen LogP contribution in [0.1, 0.15) is 54.6 Å². The van der Waals surface area contributed by atoms with Crippen molar-refractivity contribution in [2.45, 2.75) is 63.9 Å². The predicted molar refractivity (Wildman–Crippen MR) is 146 cm³/mol. The Morgan fingerprint density at radius 3 is 2.85 bits per heavy atom. The second-order valence-corrected chi connectivity index (χ2v) is 10.2. The fourth-order valence-corrected chi connectivity index (χ4v) is 5.54. The number of carbonyl (C=O) groups excluding carboxylic acids is 1. The SMILES string of the molecule is CCNc1cc2c(cn1)c(-c1cnn(C[C@@H](O)CO)c1)nn2[C@H]1CC[C@@H](Oc2ccc3c(c2)CNC3=O)CC1. The van der Waals surface area contributed by atoms with Gasteiger partial charge in [0, 0.05) is 48.1 Å². The predicted octanol–water partition coefficient (Wildman–Crippen LogP) is 2.89. The minimum absolute atomic E-state index is 0.0227. The first-order chi connectivity index (χ1) is 19.0. The summed E-state index contributed by atoms with van der Waals surface area (Å²) in [6.45, 7) is 3.26. The molecule has 39 heavy (non-hydrogen) atoms. The van der Waals surface area contributed by atoms with Gasteiger partial charge in [0.1, 0.15) is 17.3 Å². The average molecular weight is 532 g/mol. The van der Waals surface area contributed by atoms with Crippen molar-refractivity contribution in [3.63, 3.8) is 0 Å². The van der Waals surface area contributed by atoms with Crippen LogP contribution in [0.4, 0.5) is 5.82 Å². The van der Waals surface area contributed by atoms with Gasteiger partial charge in [-0.3, -0.25) is 14.2 Å². The van der Waals surface area contributed by atoms with Crippen LogP contribution < -0.4 is 15.4 Å². The molecule has 4 heterocycles. The molecule has 11 heteroatoms. The summed E-state index contributed by atoms with van der Waals surface area (Å²) in [6, 6.07) is 7.97. The van der Waals surface area contributed by atoms with Crippen LogP contribution in [0.5, 0.6) is 5.75 Å². The lowest BCUT2D eigenvalue weighted by Gasteiger charge is -2.29. The van der Waals surface area contributed by atoms with Crippen molar-refractivity contribution >= 4 is 22.6 Å². The number of aliphatic hydroxyl groups excluding tert-OH is 2. The topological polar surface area (TPSA) is 139 Å². The van der Waals surface area contributed by atoms with E-state index in [0.29, 0.717) is 6.54 Å². The molecular weight excluding hydrogens is 498 g/mol. The second-order valence-electron chi connectivity index (χ2n) is 10.2. The molecule has 1 aliphatic heterocycles. The molecule has 0 unspecified atom stereocenters. The van der Waals surface area contributed by atoms with Crippen molar-refractivity contribution in [2.75, 3.05) is 18.5 Å². The lowest BCUT2D eigenvalue weighted by atomic mass is 9.93. The Bertz CT molecular complexity index is 1490. The highest BCUT2D eigenvalue weighted by Gasteiger charge is 2.28. The maximum absolute atomic E-state index is 11.8. The van der Waals surface area contributed by atoms with Gasteiger partial charge < -0.3 is 25.6 Å². The van der Waals surface area contributed by atoms with Gasteiger partial charge in [0.25, 0.3) is 5.91 Å². The Morgan fingerprint density at radius 1 is 1.21 bits per heavy atom. The molecule has 204 valence electrons. The molecule has 1 aliphatic carbocycles. The number of amides is 1. The van der Waals surface area contributed by atoms with E-state index < -0.39 is 6.10 Å². The third kappa shape index (κ3) is 5.07. The molecule has 0 spiro atoms. The highest BCUT2D eigenvalue weighted by atomic mass is 16.5. The first-order valence-corrected chi connectivity index (χ1v) is 13.5. The first kappa shape index (κ1) is 25.3. The number of hydrogen-bond acceptors (Lipinski definition) is 8. The Kier molecular flexibility index (Phi) is 6.92. The molecule has 1 saturated carbocycles. The zero-order valence-electron chi connectivity index (χ0n) is 21.9. The van der Waals surface area contributed by atoms with Crippen molar-refractivity contribution in [1.82, 2.24) is 29.9 Å². The van der Waals surface area contributed by atoms with Crippen LogP contribution in [0.15, 0.2) is 42.9 Å². The molecule has 0 bridgehead atoms. The van der Waals surface area contributed by atoms with E-state index in [1.54, 1.807) is 10.9 Å². The van der Waals surface area contributed by atoms with Gasteiger partial charge in [-0.2, -0.15) is 10.2 Å². The fraction of sp³-hybridized carbons (Fsp3) is 0.429. The maximum atomic E-state index is 11.8. The summed E-state index contributed by atoms with van der Waals surface area (Å²) in [5, 5.41) is 35.5. The lowest BCUT2D eigenvalue weighted by Crippen LogP contribution is -2.26. The molecule has 4 aromatic rings. The summed E-state index contributed by atoms with van der Waals surface area (Å²) in [7, 11) is 0. The molecule has 1 aromatic carbocycles. The molecule has 1 amide bonds. The van der Waals surface area contributed by atoms with Crippen molar-refractivity contribution in [1.29, 1.82) is 0 Å². The average Bonchev–Trinajstić information content (AvgIpc) is 3.66. The summed E-state index contributed by atoms with van der Waals surface area (Å²) in [5.41, 5.74) is 4.36. The highest BCUT2D eigenvalue weighted by molar-refractivity contribution is 5.98. The monoisotopic (exact) mass is 531 g/mol. The number of aromatic nitrogens is 5. The molecular formula is C28H33N7O4. The lowest BCUT2D eigenvalue weighted by molar-refractivity contribution is 0.0783. The minimum atomic E-state index is -0.871. The van der Waals surface area contributed by atoms with Gasteiger partial charge in [-0.1, -0.05) is 0 Å². The van der Waals surface area contributed by atoms with Crippen LogP contribution in [0.25, 0.3) is 22.2 Å². The number of benzene rings is 1. The van der Waals surface area contributed by atoms with Gasteiger partial charge in [-0.25, -0.2) is 4.98 Å². The fourth-order valence-electron chi connectivity index (χ4n) is 5.54. The van der Waals surface area contributed by atoms with Crippen molar-refractivity contribution < 1.29 is 19.7 Å². The number of anilines is 1. The van der Waals surface area contributed by atoms with E-state index in [9.17, 15) is 15.0 Å². The van der Waals surface area contributed by atoms with Crippen molar-refractivity contribution in [3.05, 3.63) is 54.0 Å². The summed E-state index contributed by atoms with van der Waals surface area (Å²) >= 11 is 0. The standard InChI is InChI=1S/C28H33N7O4/c1-2-29-26-10-25-24(13-30-26)27(18-12-32-34(14-18)15-20(37)16-36)33-35(25)19-3-5-21(6-4-19)39-22-7-8-23-17(9-22)11-31-28(23)38/h7-10,12-14,19-21,36-37H,2-6,11,15-16H2,1H3,(H,29,30)(H,31,38)/t19-,20-,21+/m1/s1. The van der Waals surface area contributed by atoms with Gasteiger partial charge in [-0.05, 0) is 56.4 Å². The number of rotatable bonds is 9. The van der Waals surface area contributed by atoms with Crippen molar-refractivity contribution in [3.8, 4) is 17.0 Å². The van der Waals surface area contributed by atoms with E-state index in [0.717, 1.165) is 77.1 Å². The summed E-state index contributed by atoms with van der Waals surface area (Å²) < 4.78 is 10.1. The first-order valence-electron chi connectivity index (χ1n) is 13.5. The molecule has 4 N–H and O–H groups in total. The van der Waals surface area contributed by atoms with Crippen LogP contribution >= 0.6 is 0 Å². The third-order valence-electron chi connectivity index (χ3n) is 7.52. The molecule has 11 nitrogen and oxygen atoms in total. The Morgan fingerprint density at radius 2 is 2.05 bits per heavy atom. The number of ether oxygens (including phenoxy) is 1. The Labute approximate surface area is 225 Å². The van der Waals surface area contributed by atoms with Crippen LogP contribution in [-0.2, 0) is 13.1 Å². The van der Waals surface area contributed by atoms with Gasteiger partial charge in [-0.15, -0.1) is 0 Å². The molecule has 1 atom stereocenters. The molecule has 1 fully saturated rings. The number of nitrogens with one attached hydrogen (secondary N) is 2. The normalized spacial score (nSPS) is 19.6. The number of hydrogen-bond donors (Lipinski definition) is 4. The van der Waals surface area contributed by atoms with Crippen LogP contribution in [-0.4, -0.2) is 66.0 Å². The third-order valence-corrected chi connectivity index (χ3v) is 7.52. The van der Waals surface area contributed by atoms with E-state index in [1.807, 2.05) is 37.5 Å². The molecule has 3 aromatic heterocycles. The van der Waals surface area contributed by atoms with E-state index in [2.05, 4.69) is 31.5 Å². The van der Waals surface area contributed by atoms with Gasteiger partial charge in [0.05, 0.1) is 43.1 Å². The van der Waals surface area contributed by atoms with E-state index in [4.69, 9.17) is 9.84 Å². The van der Waals surface area contributed by atoms with E-state index in [-0.39, 0.29) is 31.2 Å². The Hall–Kier alpha value is -3.96. The van der Waals surface area contributed by atoms with Crippen molar-refractivity contribution in [2.24, 2.45) is 0 Å². The Balaban J connectivity index is 1.22. The molecule has 0 saturated heterocycles. The summed E-state index contributed by atoms with van der Waals surface area (Å²) in [4.78, 5) is 16.4. The number of nitrogens with zero attached hydrogens (tertiary/aromatic N) is 5. The molecule has 6 rings (SSSR count). The number of fused-ring (bicyclic) bond motifs is 2. The van der Waals surface area contributed by atoms with Gasteiger partial charge in [0.2, 0.25) is 0 Å². The van der Waals surface area contributed by atoms with Gasteiger partial charge >= 0.3 is 0 Å². The number of carbonyl (C=O) groups is 1. The maximum Gasteiger partial charge on any atom is 0.251 e.